The van der Waals surface area contributed by atoms with Crippen molar-refractivity contribution >= 4 is 9.05 Å². The molecule has 0 heterocycles. The summed E-state index contributed by atoms with van der Waals surface area (Å²) in [6.07, 6.45) is 0. The summed E-state index contributed by atoms with van der Waals surface area (Å²) in [6, 6.07) is 0. The summed E-state index contributed by atoms with van der Waals surface area (Å²) in [5, 5.41) is 0. The Kier molecular flexibility index (Phi) is 22.2. The fraction of sp³-hybridized carbons (Fsp3) is 0. The zero-order chi connectivity index (χ0) is 4.50. The van der Waals surface area contributed by atoms with E-state index in [2.05, 4.69) is 0 Å². The summed E-state index contributed by atoms with van der Waals surface area (Å²) < 4.78 is 0. The molecule has 0 unspecified atom stereocenters. The summed E-state index contributed by atoms with van der Waals surface area (Å²) in [7, 11) is -5.61. The Morgan fingerprint density at radius 1 is 0.875 bits per heavy atom. The quantitative estimate of drug-likeness (QED) is 0.338. The molecule has 3 N–H and O–H groups in total. The molecular formula is H3CrO6Si-5. The van der Waals surface area contributed by atoms with Crippen molar-refractivity contribution < 1.29 is 47.5 Å². The fourth-order valence-electron chi connectivity index (χ4n) is 0. The molecule has 0 aliphatic rings. The maximum Gasteiger partial charge on any atom is 0 e. The standard InChI is InChI=1S/Cr.O4Si.2H2O/c;1-5(2,3)4;;/h;;2*1H2/q;-4;;/p-1. The first-order chi connectivity index (χ1) is 2.00. The normalized spacial score (nSPS) is 7.50. The van der Waals surface area contributed by atoms with Crippen molar-refractivity contribution in [2.45, 2.75) is 0 Å². The van der Waals surface area contributed by atoms with Gasteiger partial charge in [-0.25, -0.2) is 0 Å². The van der Waals surface area contributed by atoms with Gasteiger partial charge in [0.1, 0.15) is 0 Å². The molecule has 0 aromatic heterocycles. The molecule has 0 aliphatic carbocycles. The maximum atomic E-state index is 8.58. The Morgan fingerprint density at radius 2 is 0.875 bits per heavy atom. The van der Waals surface area contributed by atoms with Crippen molar-refractivity contribution in [1.29, 1.82) is 0 Å². The topological polar surface area (TPSA) is 154 Å². The van der Waals surface area contributed by atoms with Gasteiger partial charge < -0.3 is 39.2 Å². The summed E-state index contributed by atoms with van der Waals surface area (Å²) in [5.74, 6) is 0. The van der Waals surface area contributed by atoms with Crippen LogP contribution >= 0.6 is 0 Å². The maximum absolute atomic E-state index is 8.58. The summed E-state index contributed by atoms with van der Waals surface area (Å²) >= 11 is 0. The van der Waals surface area contributed by atoms with Crippen molar-refractivity contribution in [2.75, 3.05) is 0 Å². The summed E-state index contributed by atoms with van der Waals surface area (Å²) in [4.78, 5) is 34.3. The van der Waals surface area contributed by atoms with Gasteiger partial charge in [-0.2, -0.15) is 0 Å². The Hall–Kier alpha value is 0.509. The van der Waals surface area contributed by atoms with Crippen molar-refractivity contribution in [3.05, 3.63) is 0 Å². The average molecular weight is 179 g/mol. The van der Waals surface area contributed by atoms with Crippen LogP contribution in [0.3, 0.4) is 0 Å². The van der Waals surface area contributed by atoms with E-state index in [1.165, 1.54) is 0 Å². The van der Waals surface area contributed by atoms with Gasteiger partial charge in [-0.05, 0) is 0 Å². The van der Waals surface area contributed by atoms with Crippen LogP contribution in [0.4, 0.5) is 0 Å². The van der Waals surface area contributed by atoms with E-state index in [0.717, 1.165) is 0 Å². The first-order valence-corrected chi connectivity index (χ1v) is 2.45. The molecule has 0 aliphatic heterocycles. The SMILES string of the molecule is O.[Cr].[O-][Si]([O-])([O-])[O-].[OH-]. The molecule has 0 amide bonds. The molecule has 0 aromatic carbocycles. The van der Waals surface area contributed by atoms with Gasteiger partial charge in [0.2, 0.25) is 0 Å². The molecule has 54 valence electrons. The monoisotopic (exact) mass is 179 g/mol. The van der Waals surface area contributed by atoms with Crippen LogP contribution in [0.15, 0.2) is 0 Å². The molecule has 0 radical (unpaired) electrons. The van der Waals surface area contributed by atoms with E-state index in [0.29, 0.717) is 0 Å². The van der Waals surface area contributed by atoms with Gasteiger partial charge >= 0.3 is 0 Å². The molecule has 8 heteroatoms. The van der Waals surface area contributed by atoms with Gasteiger partial charge in [0.25, 0.3) is 0 Å². The van der Waals surface area contributed by atoms with Crippen LogP contribution in [0, 0.1) is 0 Å². The molecule has 0 aromatic rings. The minimum Gasteiger partial charge on any atom is -0.894 e. The molecule has 0 saturated carbocycles. The fourth-order valence-corrected chi connectivity index (χ4v) is 0. The third kappa shape index (κ3) is 762. The van der Waals surface area contributed by atoms with Gasteiger partial charge in [-0.3, -0.25) is 0 Å². The van der Waals surface area contributed by atoms with Gasteiger partial charge in [-0.15, -0.1) is 0 Å². The zero-order valence-electron chi connectivity index (χ0n) is 3.49. The second-order valence-electron chi connectivity index (χ2n) is 0.500. The molecule has 0 fully saturated rings. The molecule has 0 saturated heterocycles. The third-order valence-electron chi connectivity index (χ3n) is 0. The molecule has 8 heavy (non-hydrogen) atoms. The predicted molar refractivity (Wildman–Crippen MR) is 11.3 cm³/mol. The van der Waals surface area contributed by atoms with Crippen LogP contribution in [0.2, 0.25) is 0 Å². The van der Waals surface area contributed by atoms with Gasteiger partial charge in [0, 0.05) is 17.4 Å². The van der Waals surface area contributed by atoms with Crippen molar-refractivity contribution in [3.63, 3.8) is 0 Å². The Balaban J connectivity index is -0.0000000267. The van der Waals surface area contributed by atoms with Crippen LogP contribution < -0.4 is 19.2 Å². The third-order valence-corrected chi connectivity index (χ3v) is 0. The van der Waals surface area contributed by atoms with Gasteiger partial charge in [0.15, 0.2) is 0 Å². The van der Waals surface area contributed by atoms with Crippen LogP contribution in [0.1, 0.15) is 0 Å². The van der Waals surface area contributed by atoms with Crippen molar-refractivity contribution in [1.82, 2.24) is 0 Å². The van der Waals surface area contributed by atoms with Gasteiger partial charge in [0.05, 0.1) is 0 Å². The molecule has 0 rings (SSSR count). The van der Waals surface area contributed by atoms with Crippen LogP contribution in [0.25, 0.3) is 0 Å². The van der Waals surface area contributed by atoms with E-state index in [1.54, 1.807) is 0 Å². The molecule has 0 spiro atoms. The van der Waals surface area contributed by atoms with Crippen LogP contribution in [-0.4, -0.2) is 20.0 Å². The van der Waals surface area contributed by atoms with E-state index in [-0.39, 0.29) is 28.3 Å². The minimum atomic E-state index is -5.61. The molecular weight excluding hydrogens is 176 g/mol. The van der Waals surface area contributed by atoms with Crippen LogP contribution in [0.5, 0.6) is 0 Å². The number of rotatable bonds is 0. The zero-order valence-corrected chi connectivity index (χ0v) is 5.76. The summed E-state index contributed by atoms with van der Waals surface area (Å²) in [6.45, 7) is 0. The van der Waals surface area contributed by atoms with Crippen molar-refractivity contribution in [2.24, 2.45) is 0 Å². The molecule has 6 nitrogen and oxygen atoms in total. The minimum absolute atomic E-state index is 0. The molecule has 0 atom stereocenters. The van der Waals surface area contributed by atoms with Gasteiger partial charge in [-0.1, -0.05) is 0 Å². The predicted octanol–water partition coefficient (Wildman–Crippen LogP) is -6.14. The van der Waals surface area contributed by atoms with Crippen LogP contribution in [-0.2, 0) is 17.4 Å². The molecule has 0 bridgehead atoms. The number of hydrogen-bond donors (Lipinski definition) is 0. The van der Waals surface area contributed by atoms with E-state index >= 15 is 0 Å². The summed E-state index contributed by atoms with van der Waals surface area (Å²) in [5.41, 5.74) is 0. The largest absolute Gasteiger partial charge is 0.894 e. The Bertz CT molecular complexity index is 24.0. The van der Waals surface area contributed by atoms with E-state index < -0.39 is 9.05 Å². The number of hydrogen-bond acceptors (Lipinski definition) is 5. The van der Waals surface area contributed by atoms with E-state index in [4.69, 9.17) is 19.2 Å². The second kappa shape index (κ2) is 7.51. The van der Waals surface area contributed by atoms with Crippen molar-refractivity contribution in [3.8, 4) is 0 Å². The first kappa shape index (κ1) is 23.6. The average Bonchev–Trinajstić information content (AvgIpc) is 0.722. The van der Waals surface area contributed by atoms with E-state index in [1.807, 2.05) is 0 Å². The second-order valence-corrected chi connectivity index (χ2v) is 1.50. The Morgan fingerprint density at radius 3 is 0.875 bits per heavy atom. The smallest absolute Gasteiger partial charge is 0 e. The first-order valence-electron chi connectivity index (χ1n) is 0.816. The van der Waals surface area contributed by atoms with E-state index in [9.17, 15) is 0 Å². The Labute approximate surface area is 57.3 Å².